The number of phenols is 1. The molecule has 2 rings (SSSR count). The van der Waals surface area contributed by atoms with E-state index in [1.807, 2.05) is 0 Å². The maximum absolute atomic E-state index is 11.0. The smallest absolute Gasteiger partial charge is 0.258 e. The highest BCUT2D eigenvalue weighted by molar-refractivity contribution is 6.69. The molecule has 0 unspecified atom stereocenters. The van der Waals surface area contributed by atoms with Crippen molar-refractivity contribution in [1.82, 2.24) is 4.98 Å². The molecule has 1 aromatic carbocycles. The Labute approximate surface area is 85.0 Å². The third-order valence-corrected chi connectivity index (χ3v) is 2.14. The number of benzene rings is 1. The number of aromatic hydroxyl groups is 1. The molecule has 1 aromatic heterocycles. The standard InChI is InChI=1S/C10H6ClNO2/c11-10(14)8-7(13)4-3-6-2-1-5-12-9(6)8/h1-5,13H. The number of hydrogen-bond acceptors (Lipinski definition) is 3. The number of hydrogen-bond donors (Lipinski definition) is 1. The molecule has 0 aliphatic carbocycles. The van der Waals surface area contributed by atoms with Crippen LogP contribution in [-0.2, 0) is 0 Å². The molecule has 14 heavy (non-hydrogen) atoms. The molecule has 0 radical (unpaired) electrons. The molecule has 4 heteroatoms. The van der Waals surface area contributed by atoms with Gasteiger partial charge < -0.3 is 5.11 Å². The molecule has 2 aromatic rings. The molecule has 0 amide bonds. The molecular weight excluding hydrogens is 202 g/mol. The first kappa shape index (κ1) is 8.97. The van der Waals surface area contributed by atoms with E-state index in [2.05, 4.69) is 4.98 Å². The minimum absolute atomic E-state index is 0.0600. The second-order valence-electron chi connectivity index (χ2n) is 2.81. The monoisotopic (exact) mass is 207 g/mol. The minimum atomic E-state index is -0.702. The van der Waals surface area contributed by atoms with E-state index >= 15 is 0 Å². The largest absolute Gasteiger partial charge is 0.507 e. The zero-order valence-electron chi connectivity index (χ0n) is 7.07. The Morgan fingerprint density at radius 1 is 1.36 bits per heavy atom. The van der Waals surface area contributed by atoms with E-state index in [4.69, 9.17) is 11.6 Å². The van der Waals surface area contributed by atoms with Crippen molar-refractivity contribution < 1.29 is 9.90 Å². The zero-order valence-corrected chi connectivity index (χ0v) is 7.82. The fourth-order valence-electron chi connectivity index (χ4n) is 1.33. The Hall–Kier alpha value is -1.61. The predicted octanol–water partition coefficient (Wildman–Crippen LogP) is 2.32. The highest BCUT2D eigenvalue weighted by Gasteiger charge is 2.13. The summed E-state index contributed by atoms with van der Waals surface area (Å²) in [6, 6.07) is 6.66. The van der Waals surface area contributed by atoms with E-state index in [1.165, 1.54) is 6.07 Å². The SMILES string of the molecule is O=C(Cl)c1c(O)ccc2cccnc12. The molecule has 0 spiro atoms. The van der Waals surface area contributed by atoms with E-state index in [0.29, 0.717) is 5.52 Å². The van der Waals surface area contributed by atoms with Crippen LogP contribution in [0.15, 0.2) is 30.5 Å². The number of phenolic OH excluding ortho intramolecular Hbond substituents is 1. The van der Waals surface area contributed by atoms with Crippen LogP contribution in [0, 0.1) is 0 Å². The van der Waals surface area contributed by atoms with Crippen molar-refractivity contribution in [3.8, 4) is 5.75 Å². The van der Waals surface area contributed by atoms with Crippen molar-refractivity contribution in [2.45, 2.75) is 0 Å². The highest BCUT2D eigenvalue weighted by atomic mass is 35.5. The van der Waals surface area contributed by atoms with Crippen LogP contribution in [0.25, 0.3) is 10.9 Å². The molecule has 1 heterocycles. The summed E-state index contributed by atoms with van der Waals surface area (Å²) in [5.74, 6) is -0.142. The summed E-state index contributed by atoms with van der Waals surface area (Å²) >= 11 is 5.35. The number of fused-ring (bicyclic) bond motifs is 1. The first-order valence-electron chi connectivity index (χ1n) is 3.96. The Morgan fingerprint density at radius 3 is 2.86 bits per heavy atom. The number of pyridine rings is 1. The van der Waals surface area contributed by atoms with Crippen molar-refractivity contribution in [2.24, 2.45) is 0 Å². The van der Waals surface area contributed by atoms with Gasteiger partial charge in [0.1, 0.15) is 11.3 Å². The van der Waals surface area contributed by atoms with Gasteiger partial charge in [-0.2, -0.15) is 0 Å². The average Bonchev–Trinajstić information content (AvgIpc) is 2.17. The second-order valence-corrected chi connectivity index (χ2v) is 3.15. The van der Waals surface area contributed by atoms with Gasteiger partial charge in [-0.15, -0.1) is 0 Å². The minimum Gasteiger partial charge on any atom is -0.507 e. The molecular formula is C10H6ClNO2. The number of halogens is 1. The molecule has 1 N–H and O–H groups in total. The topological polar surface area (TPSA) is 50.2 Å². The van der Waals surface area contributed by atoms with E-state index in [1.54, 1.807) is 24.4 Å². The van der Waals surface area contributed by atoms with Crippen LogP contribution in [0.5, 0.6) is 5.75 Å². The van der Waals surface area contributed by atoms with Gasteiger partial charge in [0.2, 0.25) is 0 Å². The number of aromatic nitrogens is 1. The van der Waals surface area contributed by atoms with Crippen LogP contribution in [0.2, 0.25) is 0 Å². The summed E-state index contributed by atoms with van der Waals surface area (Å²) in [6.07, 6.45) is 1.55. The first-order chi connectivity index (χ1) is 6.70. The third kappa shape index (κ3) is 1.32. The van der Waals surface area contributed by atoms with Gasteiger partial charge in [0.15, 0.2) is 0 Å². The quantitative estimate of drug-likeness (QED) is 0.731. The molecule has 0 bridgehead atoms. The van der Waals surface area contributed by atoms with Gasteiger partial charge in [-0.1, -0.05) is 6.07 Å². The Bertz CT molecular complexity index is 510. The van der Waals surface area contributed by atoms with E-state index in [9.17, 15) is 9.90 Å². The maximum atomic E-state index is 11.0. The highest BCUT2D eigenvalue weighted by Crippen LogP contribution is 2.26. The molecule has 0 aliphatic heterocycles. The van der Waals surface area contributed by atoms with Crippen molar-refractivity contribution in [3.05, 3.63) is 36.0 Å². The maximum Gasteiger partial charge on any atom is 0.258 e. The molecule has 0 saturated heterocycles. The van der Waals surface area contributed by atoms with Gasteiger partial charge in [0.25, 0.3) is 5.24 Å². The van der Waals surface area contributed by atoms with Gasteiger partial charge in [0, 0.05) is 11.6 Å². The van der Waals surface area contributed by atoms with Crippen LogP contribution < -0.4 is 0 Å². The lowest BCUT2D eigenvalue weighted by Crippen LogP contribution is -1.93. The van der Waals surface area contributed by atoms with Crippen LogP contribution in [0.1, 0.15) is 10.4 Å². The summed E-state index contributed by atoms with van der Waals surface area (Å²) in [4.78, 5) is 15.0. The summed E-state index contributed by atoms with van der Waals surface area (Å²) in [7, 11) is 0. The van der Waals surface area contributed by atoms with Crippen LogP contribution in [-0.4, -0.2) is 15.3 Å². The average molecular weight is 208 g/mol. The molecule has 70 valence electrons. The first-order valence-corrected chi connectivity index (χ1v) is 4.34. The summed E-state index contributed by atoms with van der Waals surface area (Å²) in [5.41, 5.74) is 0.484. The molecule has 0 saturated carbocycles. The van der Waals surface area contributed by atoms with Crippen molar-refractivity contribution in [2.75, 3.05) is 0 Å². The van der Waals surface area contributed by atoms with Crippen LogP contribution >= 0.6 is 11.6 Å². The van der Waals surface area contributed by atoms with Gasteiger partial charge in [0.05, 0.1) is 5.52 Å². The van der Waals surface area contributed by atoms with E-state index in [0.717, 1.165) is 5.39 Å². The lowest BCUT2D eigenvalue weighted by atomic mass is 10.1. The number of rotatable bonds is 1. The van der Waals surface area contributed by atoms with Crippen molar-refractivity contribution in [3.63, 3.8) is 0 Å². The van der Waals surface area contributed by atoms with Gasteiger partial charge in [-0.3, -0.25) is 9.78 Å². The van der Waals surface area contributed by atoms with E-state index < -0.39 is 5.24 Å². The second kappa shape index (κ2) is 3.27. The van der Waals surface area contributed by atoms with Gasteiger partial charge >= 0.3 is 0 Å². The van der Waals surface area contributed by atoms with Crippen LogP contribution in [0.4, 0.5) is 0 Å². The van der Waals surface area contributed by atoms with E-state index in [-0.39, 0.29) is 11.3 Å². The van der Waals surface area contributed by atoms with Gasteiger partial charge in [-0.25, -0.2) is 0 Å². The fourth-order valence-corrected chi connectivity index (χ4v) is 1.51. The Balaban J connectivity index is 2.90. The number of carbonyl (C=O) groups excluding carboxylic acids is 1. The normalized spacial score (nSPS) is 10.4. The third-order valence-electron chi connectivity index (χ3n) is 1.95. The van der Waals surface area contributed by atoms with Crippen molar-refractivity contribution >= 4 is 27.7 Å². The van der Waals surface area contributed by atoms with Gasteiger partial charge in [-0.05, 0) is 29.8 Å². The number of nitrogens with zero attached hydrogens (tertiary/aromatic N) is 1. The zero-order chi connectivity index (χ0) is 10.1. The Kier molecular flexibility index (Phi) is 2.09. The lowest BCUT2D eigenvalue weighted by molar-refractivity contribution is 0.108. The van der Waals surface area contributed by atoms with Crippen LogP contribution in [0.3, 0.4) is 0 Å². The molecule has 0 fully saturated rings. The number of carbonyl (C=O) groups is 1. The fraction of sp³-hybridized carbons (Fsp3) is 0. The predicted molar refractivity (Wildman–Crippen MR) is 53.6 cm³/mol. The Morgan fingerprint density at radius 2 is 2.14 bits per heavy atom. The summed E-state index contributed by atoms with van der Waals surface area (Å²) < 4.78 is 0. The summed E-state index contributed by atoms with van der Waals surface area (Å²) in [6.45, 7) is 0. The molecule has 0 aliphatic rings. The van der Waals surface area contributed by atoms with Crippen molar-refractivity contribution in [1.29, 1.82) is 0 Å². The molecule has 0 atom stereocenters. The lowest BCUT2D eigenvalue weighted by Gasteiger charge is -2.02. The summed E-state index contributed by atoms with van der Waals surface area (Å²) in [5, 5.41) is 9.50. The molecule has 3 nitrogen and oxygen atoms in total.